The molecule has 2 fully saturated rings. The van der Waals surface area contributed by atoms with Gasteiger partial charge in [-0.3, -0.25) is 0 Å². The zero-order valence-corrected chi connectivity index (χ0v) is 22.0. The van der Waals surface area contributed by atoms with Crippen LogP contribution in [0.3, 0.4) is 0 Å². The predicted octanol–water partition coefficient (Wildman–Crippen LogP) is 3.62. The molecule has 2 aliphatic heterocycles. The number of sulfonamides is 1. The van der Waals surface area contributed by atoms with Gasteiger partial charge in [0.2, 0.25) is 15.9 Å². The number of aromatic amines is 1. The molecular weight excluding hydrogens is 476 g/mol. The van der Waals surface area contributed by atoms with Gasteiger partial charge in [-0.25, -0.2) is 22.7 Å². The Morgan fingerprint density at radius 2 is 1.92 bits per heavy atom. The first-order valence-corrected chi connectivity index (χ1v) is 14.8. The summed E-state index contributed by atoms with van der Waals surface area (Å²) in [5.41, 5.74) is 5.32. The molecule has 0 spiro atoms. The van der Waals surface area contributed by atoms with Gasteiger partial charge in [-0.1, -0.05) is 6.92 Å². The van der Waals surface area contributed by atoms with Gasteiger partial charge >= 0.3 is 0 Å². The van der Waals surface area contributed by atoms with E-state index >= 15 is 0 Å². The first-order valence-electron chi connectivity index (χ1n) is 13.0. The van der Waals surface area contributed by atoms with Gasteiger partial charge in [0.05, 0.1) is 23.3 Å². The highest BCUT2D eigenvalue weighted by Crippen LogP contribution is 2.39. The van der Waals surface area contributed by atoms with E-state index in [0.717, 1.165) is 60.2 Å². The van der Waals surface area contributed by atoms with Crippen molar-refractivity contribution in [2.45, 2.75) is 70.6 Å². The number of hydrogen-bond acceptors (Lipinski definition) is 7. The van der Waals surface area contributed by atoms with Gasteiger partial charge in [-0.05, 0) is 44.6 Å². The lowest BCUT2D eigenvalue weighted by Gasteiger charge is -2.39. The maximum Gasteiger partial charge on any atom is 0.217 e. The minimum absolute atomic E-state index is 0.235. The maximum absolute atomic E-state index is 12.0. The molecule has 0 aromatic carbocycles. The Balaban J connectivity index is 1.31. The van der Waals surface area contributed by atoms with E-state index in [1.807, 2.05) is 6.20 Å². The van der Waals surface area contributed by atoms with Crippen molar-refractivity contribution in [3.8, 4) is 5.88 Å². The van der Waals surface area contributed by atoms with Crippen LogP contribution in [-0.4, -0.2) is 64.2 Å². The van der Waals surface area contributed by atoms with E-state index in [9.17, 15) is 8.42 Å². The van der Waals surface area contributed by atoms with E-state index in [0.29, 0.717) is 31.4 Å². The third-order valence-electron chi connectivity index (χ3n) is 8.14. The number of pyridine rings is 1. The van der Waals surface area contributed by atoms with Crippen molar-refractivity contribution >= 4 is 26.7 Å². The van der Waals surface area contributed by atoms with Crippen LogP contribution in [0.25, 0.3) is 11.0 Å². The van der Waals surface area contributed by atoms with Crippen LogP contribution in [-0.2, 0) is 23.0 Å². The number of nitrogens with one attached hydrogen (secondary N) is 1. The molecule has 1 aliphatic carbocycles. The summed E-state index contributed by atoms with van der Waals surface area (Å²) in [5.74, 6) is 1.62. The fourth-order valence-corrected chi connectivity index (χ4v) is 6.93. The molecule has 1 atom stereocenters. The Labute approximate surface area is 212 Å². The van der Waals surface area contributed by atoms with Crippen LogP contribution in [0.4, 0.5) is 5.69 Å². The molecule has 36 heavy (non-hydrogen) atoms. The summed E-state index contributed by atoms with van der Waals surface area (Å²) >= 11 is 0. The number of ether oxygens (including phenoxy) is 1. The van der Waals surface area contributed by atoms with Crippen molar-refractivity contribution < 1.29 is 13.2 Å². The van der Waals surface area contributed by atoms with Gasteiger partial charge in [0.15, 0.2) is 0 Å². The summed E-state index contributed by atoms with van der Waals surface area (Å²) in [6.45, 7) is 6.28. The van der Waals surface area contributed by atoms with Crippen LogP contribution in [0.1, 0.15) is 62.4 Å². The average Bonchev–Trinajstić information content (AvgIpc) is 3.30. The third kappa shape index (κ3) is 4.34. The molecular formula is C26H34N6O3S. The Bertz CT molecular complexity index is 1380. The molecule has 0 radical (unpaired) electrons. The molecule has 6 rings (SSSR count). The molecule has 0 bridgehead atoms. The van der Waals surface area contributed by atoms with E-state index in [-0.39, 0.29) is 18.1 Å². The monoisotopic (exact) mass is 510 g/mol. The Morgan fingerprint density at radius 3 is 2.64 bits per heavy atom. The molecule has 0 unspecified atom stereocenters. The highest BCUT2D eigenvalue weighted by atomic mass is 32.2. The SMILES string of the molecule is CC1CC(Oc2cc(N3Cc4c(ncnc4C4CCN(S(C)(=O)=O)CC4)C[C@H]3C)c3cc[nH]c3n2)C1. The maximum atomic E-state index is 12.0. The van der Waals surface area contributed by atoms with Crippen LogP contribution in [0, 0.1) is 5.92 Å². The molecule has 3 aromatic rings. The van der Waals surface area contributed by atoms with Gasteiger partial charge in [0, 0.05) is 61.2 Å². The standard InChI is InChI=1S/C26H34N6O3S/c1-16-10-19(11-16)35-24-13-23(20-4-7-27-26(20)30-24)32-14-21-22(12-17(32)2)28-15-29-25(21)18-5-8-31(9-6-18)36(3,33)34/h4,7,13,15-19H,5-6,8-12,14H2,1-3H3,(H,27,30)/t16?,17-,19?/m1/s1. The van der Waals surface area contributed by atoms with Gasteiger partial charge in [0.25, 0.3) is 0 Å². The second-order valence-corrected chi connectivity index (χ2v) is 12.8. The zero-order valence-electron chi connectivity index (χ0n) is 21.1. The molecule has 3 aliphatic rings. The highest BCUT2D eigenvalue weighted by Gasteiger charge is 2.33. The summed E-state index contributed by atoms with van der Waals surface area (Å²) in [6.07, 6.45) is 9.69. The predicted molar refractivity (Wildman–Crippen MR) is 139 cm³/mol. The number of H-pyrrole nitrogens is 1. The van der Waals surface area contributed by atoms with Gasteiger partial charge in [-0.15, -0.1) is 0 Å². The number of anilines is 1. The molecule has 192 valence electrons. The fraction of sp³-hybridized carbons (Fsp3) is 0.577. The quantitative estimate of drug-likeness (QED) is 0.559. The largest absolute Gasteiger partial charge is 0.474 e. The van der Waals surface area contributed by atoms with Gasteiger partial charge in [-0.2, -0.15) is 4.98 Å². The number of nitrogens with zero attached hydrogens (tertiary/aromatic N) is 5. The fourth-order valence-electron chi connectivity index (χ4n) is 6.05. The Morgan fingerprint density at radius 1 is 1.14 bits per heavy atom. The minimum atomic E-state index is -3.16. The van der Waals surface area contributed by atoms with Crippen LogP contribution < -0.4 is 9.64 Å². The zero-order chi connectivity index (χ0) is 25.0. The van der Waals surface area contributed by atoms with Gasteiger partial charge in [0.1, 0.15) is 18.1 Å². The van der Waals surface area contributed by atoms with Crippen molar-refractivity contribution in [1.29, 1.82) is 0 Å². The number of piperidine rings is 1. The summed E-state index contributed by atoms with van der Waals surface area (Å²) in [4.78, 5) is 19.8. The lowest BCUT2D eigenvalue weighted by Crippen LogP contribution is -2.41. The lowest BCUT2D eigenvalue weighted by molar-refractivity contribution is 0.0699. The highest BCUT2D eigenvalue weighted by molar-refractivity contribution is 7.88. The van der Waals surface area contributed by atoms with Crippen molar-refractivity contribution in [2.75, 3.05) is 24.2 Å². The van der Waals surface area contributed by atoms with E-state index in [1.54, 1.807) is 10.6 Å². The molecule has 3 aromatic heterocycles. The summed E-state index contributed by atoms with van der Waals surface area (Å²) < 4.78 is 31.8. The van der Waals surface area contributed by atoms with Crippen molar-refractivity contribution in [2.24, 2.45) is 5.92 Å². The third-order valence-corrected chi connectivity index (χ3v) is 9.44. The number of rotatable bonds is 5. The van der Waals surface area contributed by atoms with Crippen LogP contribution in [0.2, 0.25) is 0 Å². The number of aromatic nitrogens is 4. The van der Waals surface area contributed by atoms with Crippen LogP contribution in [0.5, 0.6) is 5.88 Å². The Kier molecular flexibility index (Phi) is 5.91. The van der Waals surface area contributed by atoms with Crippen LogP contribution >= 0.6 is 0 Å². The number of hydrogen-bond donors (Lipinski definition) is 1. The smallest absolute Gasteiger partial charge is 0.217 e. The second kappa shape index (κ2) is 8.99. The van der Waals surface area contributed by atoms with Gasteiger partial charge < -0.3 is 14.6 Å². The molecule has 5 heterocycles. The minimum Gasteiger partial charge on any atom is -0.474 e. The molecule has 1 saturated heterocycles. The molecule has 0 amide bonds. The van der Waals surface area contributed by atoms with E-state index in [2.05, 4.69) is 40.8 Å². The Hall–Kier alpha value is -2.72. The topological polar surface area (TPSA) is 104 Å². The van der Waals surface area contributed by atoms with Crippen molar-refractivity contribution in [3.63, 3.8) is 0 Å². The average molecular weight is 511 g/mol. The van der Waals surface area contributed by atoms with Crippen LogP contribution in [0.15, 0.2) is 24.7 Å². The number of fused-ring (bicyclic) bond motifs is 2. The summed E-state index contributed by atoms with van der Waals surface area (Å²) in [6, 6.07) is 4.43. The first kappa shape index (κ1) is 23.7. The molecule has 1 N–H and O–H groups in total. The van der Waals surface area contributed by atoms with Crippen molar-refractivity contribution in [3.05, 3.63) is 41.6 Å². The molecule has 10 heteroatoms. The van der Waals surface area contributed by atoms with E-state index < -0.39 is 10.0 Å². The van der Waals surface area contributed by atoms with E-state index in [1.165, 1.54) is 11.8 Å². The first-order chi connectivity index (χ1) is 17.3. The van der Waals surface area contributed by atoms with Crippen molar-refractivity contribution in [1.82, 2.24) is 24.2 Å². The summed E-state index contributed by atoms with van der Waals surface area (Å²) in [7, 11) is -3.16. The van der Waals surface area contributed by atoms with E-state index in [4.69, 9.17) is 14.7 Å². The lowest BCUT2D eigenvalue weighted by atomic mass is 9.84. The summed E-state index contributed by atoms with van der Waals surface area (Å²) in [5, 5.41) is 1.08. The molecule has 1 saturated carbocycles. The second-order valence-electron chi connectivity index (χ2n) is 10.8. The molecule has 9 nitrogen and oxygen atoms in total. The normalized spacial score (nSPS) is 25.5.